The molecule has 0 saturated carbocycles. The number of aliphatic carboxylic acids is 1. The van der Waals surface area contributed by atoms with Gasteiger partial charge in [0, 0.05) is 13.1 Å². The minimum Gasteiger partial charge on any atom is -0.480 e. The minimum atomic E-state index is -3.33. The zero-order chi connectivity index (χ0) is 15.5. The molecule has 0 spiro atoms. The van der Waals surface area contributed by atoms with Crippen LogP contribution < -0.4 is 0 Å². The Morgan fingerprint density at radius 2 is 1.95 bits per heavy atom. The molecule has 0 unspecified atom stereocenters. The highest BCUT2D eigenvalue weighted by Crippen LogP contribution is 2.27. The molecule has 1 fully saturated rings. The van der Waals surface area contributed by atoms with E-state index in [2.05, 4.69) is 0 Å². The highest BCUT2D eigenvalue weighted by molar-refractivity contribution is 7.89. The van der Waals surface area contributed by atoms with Gasteiger partial charge in [0.1, 0.15) is 6.61 Å². The summed E-state index contributed by atoms with van der Waals surface area (Å²) in [6.45, 7) is 1.72. The molecule has 0 radical (unpaired) electrons. The van der Waals surface area contributed by atoms with Gasteiger partial charge in [0.25, 0.3) is 0 Å². The number of aryl methyl sites for hydroxylation is 1. The first-order valence-corrected chi connectivity index (χ1v) is 8.29. The van der Waals surface area contributed by atoms with Gasteiger partial charge in [-0.05, 0) is 18.9 Å². The second kappa shape index (κ2) is 6.13. The third-order valence-corrected chi connectivity index (χ3v) is 5.22. The van der Waals surface area contributed by atoms with E-state index in [0.29, 0.717) is 6.42 Å². The molecule has 0 amide bonds. The zero-order valence-electron chi connectivity index (χ0n) is 11.9. The number of ether oxygens (including phenoxy) is 1. The number of benzene rings is 1. The number of carboxylic acids is 1. The highest BCUT2D eigenvalue weighted by atomic mass is 32.2. The van der Waals surface area contributed by atoms with Gasteiger partial charge in [0.05, 0.1) is 11.4 Å². The minimum absolute atomic E-state index is 0.0476. The largest absolute Gasteiger partial charge is 0.480 e. The molecule has 0 bridgehead atoms. The van der Waals surface area contributed by atoms with Crippen LogP contribution in [0.4, 0.5) is 0 Å². The van der Waals surface area contributed by atoms with Crippen molar-refractivity contribution in [3.63, 3.8) is 0 Å². The summed E-state index contributed by atoms with van der Waals surface area (Å²) in [6.07, 6.45) is 0.465. The van der Waals surface area contributed by atoms with Gasteiger partial charge < -0.3 is 9.84 Å². The molecule has 1 heterocycles. The maximum atomic E-state index is 12.2. The summed E-state index contributed by atoms with van der Waals surface area (Å²) in [7, 11) is -3.33. The Kier molecular flexibility index (Phi) is 4.65. The first kappa shape index (κ1) is 15.9. The fourth-order valence-corrected chi connectivity index (χ4v) is 3.94. The van der Waals surface area contributed by atoms with Gasteiger partial charge in [-0.15, -0.1) is 0 Å². The van der Waals surface area contributed by atoms with E-state index in [1.54, 1.807) is 6.92 Å². The fraction of sp³-hybridized carbons (Fsp3) is 0.500. The first-order chi connectivity index (χ1) is 9.81. The topological polar surface area (TPSA) is 83.9 Å². The van der Waals surface area contributed by atoms with E-state index in [-0.39, 0.29) is 18.8 Å². The number of carbonyl (C=O) groups is 1. The lowest BCUT2D eigenvalue weighted by atomic mass is 10.0. The summed E-state index contributed by atoms with van der Waals surface area (Å²) in [4.78, 5) is 10.5. The van der Waals surface area contributed by atoms with Crippen molar-refractivity contribution >= 4 is 16.0 Å². The van der Waals surface area contributed by atoms with Crippen molar-refractivity contribution in [3.8, 4) is 0 Å². The van der Waals surface area contributed by atoms with Crippen molar-refractivity contribution < 1.29 is 23.1 Å². The summed E-state index contributed by atoms with van der Waals surface area (Å²) >= 11 is 0. The van der Waals surface area contributed by atoms with E-state index < -0.39 is 28.2 Å². The Hall–Kier alpha value is -1.44. The molecular weight excluding hydrogens is 294 g/mol. The Balaban J connectivity index is 1.84. The van der Waals surface area contributed by atoms with E-state index in [4.69, 9.17) is 9.84 Å². The Labute approximate surface area is 124 Å². The van der Waals surface area contributed by atoms with Gasteiger partial charge in [-0.2, -0.15) is 4.31 Å². The zero-order valence-corrected chi connectivity index (χ0v) is 12.7. The number of rotatable bonds is 7. The van der Waals surface area contributed by atoms with E-state index >= 15 is 0 Å². The van der Waals surface area contributed by atoms with Crippen molar-refractivity contribution in [2.24, 2.45) is 0 Å². The molecular formula is C14H19NO5S. The molecule has 1 aromatic carbocycles. The van der Waals surface area contributed by atoms with Crippen LogP contribution in [0.3, 0.4) is 0 Å². The molecule has 0 aliphatic carbocycles. The van der Waals surface area contributed by atoms with Crippen LogP contribution in [0.1, 0.15) is 12.5 Å². The Bertz CT molecular complexity index is 593. The van der Waals surface area contributed by atoms with Crippen molar-refractivity contribution in [1.82, 2.24) is 4.31 Å². The van der Waals surface area contributed by atoms with Crippen LogP contribution in [0.25, 0.3) is 0 Å². The Morgan fingerprint density at radius 1 is 1.33 bits per heavy atom. The molecule has 0 aromatic heterocycles. The molecule has 116 valence electrons. The maximum absolute atomic E-state index is 12.2. The lowest BCUT2D eigenvalue weighted by Gasteiger charge is -2.46. The quantitative estimate of drug-likeness (QED) is 0.802. The molecule has 1 aromatic rings. The van der Waals surface area contributed by atoms with E-state index in [1.165, 1.54) is 4.31 Å². The molecule has 2 rings (SSSR count). The van der Waals surface area contributed by atoms with Gasteiger partial charge in [-0.3, -0.25) is 0 Å². The average molecular weight is 313 g/mol. The second-order valence-corrected chi connectivity index (χ2v) is 7.54. The van der Waals surface area contributed by atoms with Crippen LogP contribution in [0, 0.1) is 0 Å². The molecule has 1 saturated heterocycles. The molecule has 6 nitrogen and oxygen atoms in total. The molecule has 21 heavy (non-hydrogen) atoms. The number of hydrogen-bond donors (Lipinski definition) is 1. The van der Waals surface area contributed by atoms with Crippen molar-refractivity contribution in [2.75, 3.05) is 25.4 Å². The molecule has 0 atom stereocenters. The lowest BCUT2D eigenvalue weighted by molar-refractivity contribution is -0.157. The summed E-state index contributed by atoms with van der Waals surface area (Å²) < 4.78 is 30.9. The maximum Gasteiger partial charge on any atom is 0.329 e. The summed E-state index contributed by atoms with van der Waals surface area (Å²) in [5.41, 5.74) is 0.282. The van der Waals surface area contributed by atoms with Crippen LogP contribution in [0.2, 0.25) is 0 Å². The van der Waals surface area contributed by atoms with Gasteiger partial charge in [-0.25, -0.2) is 13.2 Å². The van der Waals surface area contributed by atoms with E-state index in [1.807, 2.05) is 30.3 Å². The SMILES string of the molecule is CC1(OCC(=O)O)CN(S(=O)(=O)CCc2ccccc2)C1. The van der Waals surface area contributed by atoms with Gasteiger partial charge in [0.15, 0.2) is 0 Å². The predicted octanol–water partition coefficient (Wildman–Crippen LogP) is 0.734. The number of hydrogen-bond acceptors (Lipinski definition) is 4. The van der Waals surface area contributed by atoms with Crippen LogP contribution >= 0.6 is 0 Å². The molecule has 1 aliphatic rings. The third-order valence-electron chi connectivity index (χ3n) is 3.45. The number of carboxylic acid groups (broad SMARTS) is 1. The standard InChI is InChI=1S/C14H19NO5S/c1-14(20-9-13(16)17)10-15(11-14)21(18,19)8-7-12-5-3-2-4-6-12/h2-6H,7-11H2,1H3,(H,16,17). The van der Waals surface area contributed by atoms with Crippen molar-refractivity contribution in [3.05, 3.63) is 35.9 Å². The van der Waals surface area contributed by atoms with Crippen molar-refractivity contribution in [1.29, 1.82) is 0 Å². The number of sulfonamides is 1. The van der Waals surface area contributed by atoms with Crippen LogP contribution in [-0.4, -0.2) is 54.8 Å². The van der Waals surface area contributed by atoms with Gasteiger partial charge in [-0.1, -0.05) is 30.3 Å². The second-order valence-electron chi connectivity index (χ2n) is 5.45. The smallest absolute Gasteiger partial charge is 0.329 e. The summed E-state index contributed by atoms with van der Waals surface area (Å²) in [6, 6.07) is 9.43. The monoisotopic (exact) mass is 313 g/mol. The molecule has 1 aliphatic heterocycles. The first-order valence-electron chi connectivity index (χ1n) is 6.68. The van der Waals surface area contributed by atoms with E-state index in [9.17, 15) is 13.2 Å². The van der Waals surface area contributed by atoms with Gasteiger partial charge in [0.2, 0.25) is 10.0 Å². The normalized spacial score (nSPS) is 18.1. The molecule has 1 N–H and O–H groups in total. The van der Waals surface area contributed by atoms with Crippen LogP contribution in [0.5, 0.6) is 0 Å². The fourth-order valence-electron chi connectivity index (χ4n) is 2.24. The summed E-state index contributed by atoms with van der Waals surface area (Å²) in [5.74, 6) is -1.01. The molecule has 7 heteroatoms. The third kappa shape index (κ3) is 4.26. The Morgan fingerprint density at radius 3 is 2.52 bits per heavy atom. The highest BCUT2D eigenvalue weighted by Gasteiger charge is 2.45. The van der Waals surface area contributed by atoms with Gasteiger partial charge >= 0.3 is 5.97 Å². The van der Waals surface area contributed by atoms with E-state index in [0.717, 1.165) is 5.56 Å². The van der Waals surface area contributed by atoms with Crippen LogP contribution in [0.15, 0.2) is 30.3 Å². The predicted molar refractivity (Wildman–Crippen MR) is 77.5 cm³/mol. The van der Waals surface area contributed by atoms with Crippen LogP contribution in [-0.2, 0) is 26.0 Å². The summed E-state index contributed by atoms with van der Waals surface area (Å²) in [5, 5.41) is 8.58. The van der Waals surface area contributed by atoms with Crippen molar-refractivity contribution in [2.45, 2.75) is 18.9 Å². The number of nitrogens with zero attached hydrogens (tertiary/aromatic N) is 1. The average Bonchev–Trinajstić information content (AvgIpc) is 2.41. The lowest BCUT2D eigenvalue weighted by Crippen LogP contribution is -2.63.